The van der Waals surface area contributed by atoms with Crippen molar-refractivity contribution in [1.29, 1.82) is 0 Å². The van der Waals surface area contributed by atoms with Gasteiger partial charge in [-0.1, -0.05) is 20.8 Å². The minimum Gasteiger partial charge on any atom is -0.392 e. The third-order valence-corrected chi connectivity index (χ3v) is 3.13. The van der Waals surface area contributed by atoms with Gasteiger partial charge in [0.15, 0.2) is 0 Å². The summed E-state index contributed by atoms with van der Waals surface area (Å²) in [6, 6.07) is 0.490. The van der Waals surface area contributed by atoms with Gasteiger partial charge in [-0.15, -0.1) is 0 Å². The molecule has 0 saturated carbocycles. The average molecular weight is 230 g/mol. The summed E-state index contributed by atoms with van der Waals surface area (Å²) in [5.74, 6) is 0. The minimum absolute atomic E-state index is 0.221. The second-order valence-electron chi connectivity index (χ2n) is 5.71. The zero-order valence-corrected chi connectivity index (χ0v) is 11.9. The van der Waals surface area contributed by atoms with Gasteiger partial charge in [-0.05, 0) is 39.3 Å². The van der Waals surface area contributed by atoms with Gasteiger partial charge in [-0.25, -0.2) is 0 Å². The number of rotatable bonds is 8. The Morgan fingerprint density at radius 1 is 1.31 bits per heavy atom. The Labute approximate surface area is 101 Å². The minimum atomic E-state index is -0.250. The summed E-state index contributed by atoms with van der Waals surface area (Å²) in [4.78, 5) is 2.20. The maximum absolute atomic E-state index is 9.34. The van der Waals surface area contributed by atoms with Crippen LogP contribution < -0.4 is 5.32 Å². The quantitative estimate of drug-likeness (QED) is 0.666. The predicted molar refractivity (Wildman–Crippen MR) is 70.7 cm³/mol. The van der Waals surface area contributed by atoms with Gasteiger partial charge in [-0.3, -0.25) is 0 Å². The fraction of sp³-hybridized carbons (Fsp3) is 1.00. The molecule has 0 amide bonds. The molecule has 0 radical (unpaired) electrons. The maximum Gasteiger partial charge on any atom is 0.0638 e. The second kappa shape index (κ2) is 7.25. The van der Waals surface area contributed by atoms with E-state index in [4.69, 9.17) is 0 Å². The lowest BCUT2D eigenvalue weighted by molar-refractivity contribution is 0.103. The van der Waals surface area contributed by atoms with Crippen LogP contribution in [0.3, 0.4) is 0 Å². The van der Waals surface area contributed by atoms with Gasteiger partial charge in [0.05, 0.1) is 6.10 Å². The lowest BCUT2D eigenvalue weighted by Gasteiger charge is -2.36. The van der Waals surface area contributed by atoms with E-state index in [0.29, 0.717) is 6.04 Å². The smallest absolute Gasteiger partial charge is 0.0638 e. The number of nitrogens with one attached hydrogen (secondary N) is 1. The van der Waals surface area contributed by atoms with E-state index in [2.05, 4.69) is 45.0 Å². The third-order valence-electron chi connectivity index (χ3n) is 3.13. The van der Waals surface area contributed by atoms with E-state index in [1.165, 1.54) is 6.42 Å². The van der Waals surface area contributed by atoms with Crippen LogP contribution in [0, 0.1) is 5.41 Å². The third kappa shape index (κ3) is 6.46. The number of nitrogens with zero attached hydrogens (tertiary/aromatic N) is 1. The van der Waals surface area contributed by atoms with Crippen LogP contribution in [0.1, 0.15) is 41.0 Å². The van der Waals surface area contributed by atoms with Crippen molar-refractivity contribution in [2.75, 3.05) is 26.7 Å². The fourth-order valence-corrected chi connectivity index (χ4v) is 1.99. The molecule has 3 nitrogen and oxygen atoms in total. The molecule has 0 aromatic rings. The van der Waals surface area contributed by atoms with E-state index >= 15 is 0 Å². The molecule has 0 spiro atoms. The van der Waals surface area contributed by atoms with Crippen molar-refractivity contribution >= 4 is 0 Å². The summed E-state index contributed by atoms with van der Waals surface area (Å²) >= 11 is 0. The molecule has 0 aliphatic carbocycles. The first-order valence-electron chi connectivity index (χ1n) is 6.39. The summed E-state index contributed by atoms with van der Waals surface area (Å²) < 4.78 is 0. The van der Waals surface area contributed by atoms with Crippen LogP contribution in [0.5, 0.6) is 0 Å². The summed E-state index contributed by atoms with van der Waals surface area (Å²) in [7, 11) is 2.07. The molecular weight excluding hydrogens is 200 g/mol. The highest BCUT2D eigenvalue weighted by Gasteiger charge is 2.26. The molecule has 0 bridgehead atoms. The van der Waals surface area contributed by atoms with Crippen molar-refractivity contribution in [2.24, 2.45) is 5.41 Å². The van der Waals surface area contributed by atoms with Gasteiger partial charge >= 0.3 is 0 Å². The normalized spacial score (nSPS) is 16.5. The van der Waals surface area contributed by atoms with Crippen LogP contribution in [0.25, 0.3) is 0 Å². The van der Waals surface area contributed by atoms with Gasteiger partial charge in [-0.2, -0.15) is 0 Å². The first kappa shape index (κ1) is 15.9. The topological polar surface area (TPSA) is 35.5 Å². The standard InChI is InChI=1S/C13H30N2O/c1-7-8-14-12(3)13(4,5)10-15(6)9-11(2)16/h11-12,14,16H,7-10H2,1-6H3. The highest BCUT2D eigenvalue weighted by atomic mass is 16.3. The maximum atomic E-state index is 9.34. The molecule has 2 unspecified atom stereocenters. The largest absolute Gasteiger partial charge is 0.392 e. The Bertz CT molecular complexity index is 181. The van der Waals surface area contributed by atoms with Crippen molar-refractivity contribution in [3.05, 3.63) is 0 Å². The Balaban J connectivity index is 4.10. The molecule has 98 valence electrons. The van der Waals surface area contributed by atoms with E-state index in [0.717, 1.165) is 19.6 Å². The van der Waals surface area contributed by atoms with Crippen molar-refractivity contribution in [3.8, 4) is 0 Å². The predicted octanol–water partition coefficient (Wildman–Crippen LogP) is 1.71. The summed E-state index contributed by atoms with van der Waals surface area (Å²) in [6.45, 7) is 13.6. The lowest BCUT2D eigenvalue weighted by Crippen LogP contribution is -2.47. The van der Waals surface area contributed by atoms with E-state index in [1.807, 2.05) is 6.92 Å². The summed E-state index contributed by atoms with van der Waals surface area (Å²) in [5, 5.41) is 12.9. The molecule has 2 atom stereocenters. The number of hydrogen-bond acceptors (Lipinski definition) is 3. The van der Waals surface area contributed by atoms with Gasteiger partial charge in [0.25, 0.3) is 0 Å². The molecule has 0 aliphatic rings. The SMILES string of the molecule is CCCNC(C)C(C)(C)CN(C)CC(C)O. The molecule has 0 aromatic heterocycles. The lowest BCUT2D eigenvalue weighted by atomic mass is 9.84. The Kier molecular flexibility index (Phi) is 7.20. The molecule has 0 rings (SSSR count). The van der Waals surface area contributed by atoms with E-state index in [1.54, 1.807) is 0 Å². The number of hydrogen-bond donors (Lipinski definition) is 2. The summed E-state index contributed by atoms with van der Waals surface area (Å²) in [6.07, 6.45) is 0.920. The number of likely N-dealkylation sites (N-methyl/N-ethyl adjacent to an activating group) is 1. The molecular formula is C13H30N2O. The molecule has 2 N–H and O–H groups in total. The van der Waals surface area contributed by atoms with Crippen molar-refractivity contribution in [3.63, 3.8) is 0 Å². The molecule has 0 saturated heterocycles. The van der Waals surface area contributed by atoms with Gasteiger partial charge in [0.1, 0.15) is 0 Å². The fourth-order valence-electron chi connectivity index (χ4n) is 1.99. The monoisotopic (exact) mass is 230 g/mol. The van der Waals surface area contributed by atoms with Gasteiger partial charge in [0, 0.05) is 19.1 Å². The molecule has 16 heavy (non-hydrogen) atoms. The van der Waals surface area contributed by atoms with E-state index < -0.39 is 0 Å². The first-order valence-corrected chi connectivity index (χ1v) is 6.39. The van der Waals surface area contributed by atoms with E-state index in [-0.39, 0.29) is 11.5 Å². The average Bonchev–Trinajstić information content (AvgIpc) is 2.11. The van der Waals surface area contributed by atoms with Crippen LogP contribution in [0.4, 0.5) is 0 Å². The Morgan fingerprint density at radius 3 is 2.31 bits per heavy atom. The molecule has 0 aromatic carbocycles. The molecule has 3 heteroatoms. The zero-order chi connectivity index (χ0) is 12.8. The van der Waals surface area contributed by atoms with Crippen LogP contribution in [0.2, 0.25) is 0 Å². The zero-order valence-electron chi connectivity index (χ0n) is 11.9. The first-order chi connectivity index (χ1) is 7.29. The highest BCUT2D eigenvalue weighted by Crippen LogP contribution is 2.21. The van der Waals surface area contributed by atoms with Gasteiger partial charge < -0.3 is 15.3 Å². The van der Waals surface area contributed by atoms with E-state index in [9.17, 15) is 5.11 Å². The Morgan fingerprint density at radius 2 is 1.88 bits per heavy atom. The van der Waals surface area contributed by atoms with Crippen LogP contribution in [-0.2, 0) is 0 Å². The van der Waals surface area contributed by atoms with Crippen LogP contribution in [-0.4, -0.2) is 48.8 Å². The van der Waals surface area contributed by atoms with Crippen LogP contribution in [0.15, 0.2) is 0 Å². The number of aliphatic hydroxyl groups is 1. The molecule has 0 aliphatic heterocycles. The molecule has 0 fully saturated rings. The second-order valence-corrected chi connectivity index (χ2v) is 5.71. The van der Waals surface area contributed by atoms with Crippen molar-refractivity contribution < 1.29 is 5.11 Å². The summed E-state index contributed by atoms with van der Waals surface area (Å²) in [5.41, 5.74) is 0.221. The van der Waals surface area contributed by atoms with Crippen LogP contribution >= 0.6 is 0 Å². The number of aliphatic hydroxyl groups excluding tert-OH is 1. The Hall–Kier alpha value is -0.120. The van der Waals surface area contributed by atoms with Gasteiger partial charge in [0.2, 0.25) is 0 Å². The van der Waals surface area contributed by atoms with Crippen molar-refractivity contribution in [1.82, 2.24) is 10.2 Å². The molecule has 0 heterocycles. The van der Waals surface area contributed by atoms with Crippen molar-refractivity contribution in [2.45, 2.75) is 53.2 Å². The highest BCUT2D eigenvalue weighted by molar-refractivity contribution is 4.83.